The highest BCUT2D eigenvalue weighted by atomic mass is 16.3. The summed E-state index contributed by atoms with van der Waals surface area (Å²) in [5.41, 5.74) is 0.496. The van der Waals surface area contributed by atoms with Gasteiger partial charge < -0.3 is 10.0 Å². The second-order valence-electron chi connectivity index (χ2n) is 5.40. The molecule has 0 bridgehead atoms. The molecule has 1 aromatic carbocycles. The minimum absolute atomic E-state index is 0.0131. The summed E-state index contributed by atoms with van der Waals surface area (Å²) in [5.74, 6) is 0.129. The van der Waals surface area contributed by atoms with Crippen molar-refractivity contribution in [1.29, 1.82) is 0 Å². The van der Waals surface area contributed by atoms with Crippen LogP contribution in [0.2, 0.25) is 0 Å². The first kappa shape index (κ1) is 15.0. The zero-order valence-corrected chi connectivity index (χ0v) is 12.1. The standard InChI is InChI=1S/C16H24N2O2/c1-2-16(13-19,14-8-4-3-5-9-14)17-12-15(20)18-10-6-7-11-18/h3-5,8-9,17,19H,2,6-7,10-13H2,1H3/t16-/m1/s1. The molecule has 0 spiro atoms. The van der Waals surface area contributed by atoms with Crippen molar-refractivity contribution in [3.63, 3.8) is 0 Å². The monoisotopic (exact) mass is 276 g/mol. The summed E-state index contributed by atoms with van der Waals surface area (Å²) in [6.45, 7) is 4.02. The molecule has 1 fully saturated rings. The number of hydrogen-bond acceptors (Lipinski definition) is 3. The van der Waals surface area contributed by atoms with Crippen molar-refractivity contribution in [1.82, 2.24) is 10.2 Å². The average Bonchev–Trinajstić information content (AvgIpc) is 3.04. The highest BCUT2D eigenvalue weighted by molar-refractivity contribution is 5.78. The number of rotatable bonds is 6. The predicted octanol–water partition coefficient (Wildman–Crippen LogP) is 1.50. The summed E-state index contributed by atoms with van der Waals surface area (Å²) in [6.07, 6.45) is 2.94. The number of carbonyl (C=O) groups is 1. The van der Waals surface area contributed by atoms with Crippen LogP contribution < -0.4 is 5.32 Å². The molecule has 0 saturated carbocycles. The van der Waals surface area contributed by atoms with Gasteiger partial charge in [0, 0.05) is 13.1 Å². The van der Waals surface area contributed by atoms with Crippen molar-refractivity contribution >= 4 is 5.91 Å². The topological polar surface area (TPSA) is 52.6 Å². The first-order valence-electron chi connectivity index (χ1n) is 7.41. The van der Waals surface area contributed by atoms with Crippen LogP contribution >= 0.6 is 0 Å². The van der Waals surface area contributed by atoms with Crippen LogP contribution in [0.4, 0.5) is 0 Å². The third-order valence-corrected chi connectivity index (χ3v) is 4.24. The fourth-order valence-electron chi connectivity index (χ4n) is 2.77. The van der Waals surface area contributed by atoms with Gasteiger partial charge in [0.05, 0.1) is 18.7 Å². The lowest BCUT2D eigenvalue weighted by Crippen LogP contribution is -2.49. The number of amides is 1. The first-order valence-corrected chi connectivity index (χ1v) is 7.41. The van der Waals surface area contributed by atoms with Crippen LogP contribution in [-0.2, 0) is 10.3 Å². The van der Waals surface area contributed by atoms with Crippen LogP contribution in [0.1, 0.15) is 31.7 Å². The maximum atomic E-state index is 12.1. The van der Waals surface area contributed by atoms with E-state index < -0.39 is 5.54 Å². The molecule has 2 N–H and O–H groups in total. The number of nitrogens with one attached hydrogen (secondary N) is 1. The number of likely N-dealkylation sites (tertiary alicyclic amines) is 1. The Kier molecular flexibility index (Phi) is 5.15. The van der Waals surface area contributed by atoms with Gasteiger partial charge in [-0.05, 0) is 24.8 Å². The lowest BCUT2D eigenvalue weighted by Gasteiger charge is -2.33. The van der Waals surface area contributed by atoms with E-state index in [1.165, 1.54) is 0 Å². The Bertz CT molecular complexity index is 423. The third kappa shape index (κ3) is 3.19. The van der Waals surface area contributed by atoms with Crippen LogP contribution in [-0.4, -0.2) is 42.2 Å². The molecule has 0 aromatic heterocycles. The molecule has 2 rings (SSSR count). The Morgan fingerprint density at radius 2 is 1.95 bits per heavy atom. The Labute approximate surface area is 120 Å². The van der Waals surface area contributed by atoms with E-state index in [9.17, 15) is 9.90 Å². The van der Waals surface area contributed by atoms with Gasteiger partial charge in [-0.1, -0.05) is 37.3 Å². The molecule has 110 valence electrons. The molecule has 0 radical (unpaired) electrons. The van der Waals surface area contributed by atoms with Crippen molar-refractivity contribution in [3.05, 3.63) is 35.9 Å². The zero-order chi connectivity index (χ0) is 14.4. The molecule has 4 nitrogen and oxygen atoms in total. The number of aliphatic hydroxyl groups excluding tert-OH is 1. The van der Waals surface area contributed by atoms with Gasteiger partial charge in [-0.15, -0.1) is 0 Å². The highest BCUT2D eigenvalue weighted by Gasteiger charge is 2.30. The summed E-state index contributed by atoms with van der Waals surface area (Å²) in [4.78, 5) is 14.0. The fraction of sp³-hybridized carbons (Fsp3) is 0.562. The van der Waals surface area contributed by atoms with E-state index in [0.717, 1.165) is 37.9 Å². The Morgan fingerprint density at radius 3 is 2.50 bits per heavy atom. The minimum atomic E-state index is -0.531. The Morgan fingerprint density at radius 1 is 1.30 bits per heavy atom. The average molecular weight is 276 g/mol. The smallest absolute Gasteiger partial charge is 0.236 e. The predicted molar refractivity (Wildman–Crippen MR) is 79.3 cm³/mol. The van der Waals surface area contributed by atoms with Crippen LogP contribution in [0.5, 0.6) is 0 Å². The Hall–Kier alpha value is -1.39. The molecule has 1 aromatic rings. The summed E-state index contributed by atoms with van der Waals surface area (Å²) >= 11 is 0. The molecule has 4 heteroatoms. The molecule has 1 aliphatic heterocycles. The lowest BCUT2D eigenvalue weighted by molar-refractivity contribution is -0.129. The van der Waals surface area contributed by atoms with E-state index in [1.807, 2.05) is 42.2 Å². The van der Waals surface area contributed by atoms with E-state index in [-0.39, 0.29) is 19.1 Å². The first-order chi connectivity index (χ1) is 9.72. The van der Waals surface area contributed by atoms with Crippen LogP contribution in [0.3, 0.4) is 0 Å². The quantitative estimate of drug-likeness (QED) is 0.828. The number of carbonyl (C=O) groups excluding carboxylic acids is 1. The van der Waals surface area contributed by atoms with Crippen molar-refractivity contribution in [2.75, 3.05) is 26.2 Å². The molecule has 0 unspecified atom stereocenters. The van der Waals surface area contributed by atoms with Crippen molar-refractivity contribution < 1.29 is 9.90 Å². The number of aliphatic hydroxyl groups is 1. The van der Waals surface area contributed by atoms with E-state index >= 15 is 0 Å². The van der Waals surface area contributed by atoms with Gasteiger partial charge in [0.2, 0.25) is 5.91 Å². The van der Waals surface area contributed by atoms with Gasteiger partial charge >= 0.3 is 0 Å². The molecule has 1 aliphatic rings. The second-order valence-corrected chi connectivity index (χ2v) is 5.40. The molecule has 1 atom stereocenters. The lowest BCUT2D eigenvalue weighted by atomic mass is 9.88. The van der Waals surface area contributed by atoms with E-state index in [1.54, 1.807) is 0 Å². The maximum absolute atomic E-state index is 12.1. The molecule has 0 aliphatic carbocycles. The molecule has 1 saturated heterocycles. The van der Waals surface area contributed by atoms with Crippen LogP contribution in [0, 0.1) is 0 Å². The largest absolute Gasteiger partial charge is 0.394 e. The summed E-state index contributed by atoms with van der Waals surface area (Å²) in [5, 5.41) is 13.1. The molecule has 1 heterocycles. The summed E-state index contributed by atoms with van der Waals surface area (Å²) < 4.78 is 0. The van der Waals surface area contributed by atoms with Gasteiger partial charge in [0.1, 0.15) is 0 Å². The van der Waals surface area contributed by atoms with Gasteiger partial charge in [0.15, 0.2) is 0 Å². The summed E-state index contributed by atoms with van der Waals surface area (Å²) in [7, 11) is 0. The van der Waals surface area contributed by atoms with Crippen molar-refractivity contribution in [2.24, 2.45) is 0 Å². The number of nitrogens with zero attached hydrogens (tertiary/aromatic N) is 1. The van der Waals surface area contributed by atoms with E-state index in [2.05, 4.69) is 5.32 Å². The van der Waals surface area contributed by atoms with Crippen LogP contribution in [0.15, 0.2) is 30.3 Å². The molecular formula is C16H24N2O2. The molecule has 20 heavy (non-hydrogen) atoms. The molecule has 1 amide bonds. The third-order valence-electron chi connectivity index (χ3n) is 4.24. The van der Waals surface area contributed by atoms with E-state index in [4.69, 9.17) is 0 Å². The van der Waals surface area contributed by atoms with E-state index in [0.29, 0.717) is 0 Å². The fourth-order valence-corrected chi connectivity index (χ4v) is 2.77. The molecular weight excluding hydrogens is 252 g/mol. The summed E-state index contributed by atoms with van der Waals surface area (Å²) in [6, 6.07) is 9.86. The minimum Gasteiger partial charge on any atom is -0.394 e. The SMILES string of the molecule is CC[C@](CO)(NCC(=O)N1CCCC1)c1ccccc1. The zero-order valence-electron chi connectivity index (χ0n) is 12.1. The van der Waals surface area contributed by atoms with Gasteiger partial charge in [-0.3, -0.25) is 10.1 Å². The van der Waals surface area contributed by atoms with Gasteiger partial charge in [-0.25, -0.2) is 0 Å². The second kappa shape index (κ2) is 6.86. The number of benzene rings is 1. The normalized spacial score (nSPS) is 18.0. The van der Waals surface area contributed by atoms with Crippen LogP contribution in [0.25, 0.3) is 0 Å². The van der Waals surface area contributed by atoms with Gasteiger partial charge in [0.25, 0.3) is 0 Å². The van der Waals surface area contributed by atoms with Crippen molar-refractivity contribution in [3.8, 4) is 0 Å². The highest BCUT2D eigenvalue weighted by Crippen LogP contribution is 2.24. The van der Waals surface area contributed by atoms with Crippen molar-refractivity contribution in [2.45, 2.75) is 31.7 Å². The number of hydrogen-bond donors (Lipinski definition) is 2. The maximum Gasteiger partial charge on any atom is 0.236 e. The Balaban J connectivity index is 2.04. The van der Waals surface area contributed by atoms with Gasteiger partial charge in [-0.2, -0.15) is 0 Å².